The van der Waals surface area contributed by atoms with Crippen LogP contribution in [0.3, 0.4) is 0 Å². The fraction of sp³-hybridized carbons (Fsp3) is 0. The highest BCUT2D eigenvalue weighted by molar-refractivity contribution is 6.28. The van der Waals surface area contributed by atoms with Crippen molar-refractivity contribution < 1.29 is 26.7 Å². The van der Waals surface area contributed by atoms with Crippen molar-refractivity contribution >= 4 is 54.5 Å². The van der Waals surface area contributed by atoms with Crippen LogP contribution < -0.4 is 0 Å². The average Bonchev–Trinajstić information content (AvgIpc) is 3.73. The molecule has 2 heterocycles. The molecular weight excluding hydrogens is 440 g/mol. The minimum atomic E-state index is -0.724. The van der Waals surface area contributed by atoms with Crippen molar-refractivity contribution in [2.45, 2.75) is 0 Å². The second-order valence-electron chi connectivity index (χ2n) is 8.31. The van der Waals surface area contributed by atoms with Crippen LogP contribution in [0.5, 0.6) is 0 Å². The summed E-state index contributed by atoms with van der Waals surface area (Å²) in [5.74, 6) is 0. The molecule has 0 saturated heterocycles. The molecule has 0 unspecified atom stereocenters. The van der Waals surface area contributed by atoms with Crippen LogP contribution in [0.1, 0.15) is 17.8 Å². The molecule has 168 valence electrons. The maximum atomic E-state index is 9.24. The van der Waals surface area contributed by atoms with Gasteiger partial charge >= 0.3 is 0 Å². The molecule has 0 fully saturated rings. The zero-order valence-electron chi connectivity index (χ0n) is 31.4. The van der Waals surface area contributed by atoms with E-state index in [1.54, 1.807) is 36.4 Å². The third kappa shape index (κ3) is 2.61. The Morgan fingerprint density at radius 3 is 1.92 bits per heavy atom. The summed E-state index contributed by atoms with van der Waals surface area (Å²) in [4.78, 5) is 0. The fourth-order valence-electron chi connectivity index (χ4n) is 5.04. The molecule has 2 heteroatoms. The van der Waals surface area contributed by atoms with E-state index >= 15 is 0 Å². The highest BCUT2D eigenvalue weighted by Gasteiger charge is 2.22. The Bertz CT molecular complexity index is 2710. The molecule has 2 nitrogen and oxygen atoms in total. The Morgan fingerprint density at radius 1 is 0.556 bits per heavy atom. The van der Waals surface area contributed by atoms with Gasteiger partial charge in [-0.25, -0.2) is 0 Å². The van der Waals surface area contributed by atoms with E-state index in [2.05, 4.69) is 0 Å². The van der Waals surface area contributed by atoms with Gasteiger partial charge < -0.3 is 8.83 Å². The number of para-hydroxylation sites is 1. The second kappa shape index (κ2) is 7.34. The van der Waals surface area contributed by atoms with E-state index in [1.165, 1.54) is 6.26 Å². The van der Waals surface area contributed by atoms with Crippen molar-refractivity contribution in [3.8, 4) is 22.3 Å². The molecule has 6 aromatic carbocycles. The minimum absolute atomic E-state index is 0.00923. The quantitative estimate of drug-likeness (QED) is 0.233. The molecule has 8 rings (SSSR count). The molecule has 0 saturated carbocycles. The van der Waals surface area contributed by atoms with Crippen molar-refractivity contribution in [2.75, 3.05) is 0 Å². The zero-order chi connectivity index (χ0) is 35.0. The number of furan rings is 2. The van der Waals surface area contributed by atoms with Crippen molar-refractivity contribution in [1.82, 2.24) is 0 Å². The maximum absolute atomic E-state index is 9.24. The van der Waals surface area contributed by atoms with Crippen LogP contribution in [0.2, 0.25) is 0 Å². The standard InChI is InChI=1S/C34H20O2/c1-2-10-21(11-3-1)31-22-12-4-6-14-24(22)32(25-15-7-5-13-23(25)31)28-20-30-27(18-19-35-30)34-33(28)26-16-8-9-17-29(26)36-34/h1-20H/i1D,2D,3D,4D,5D,6D,7D,10D,11D,12D,13D,14D,15D. The first-order chi connectivity index (χ1) is 23.3. The highest BCUT2D eigenvalue weighted by Crippen LogP contribution is 2.48. The van der Waals surface area contributed by atoms with Gasteiger partial charge in [0.2, 0.25) is 0 Å². The number of hydrogen-bond donors (Lipinski definition) is 0. The molecule has 8 aromatic rings. The SMILES string of the molecule is [2H]c1c([2H])c([2H])c(-c2c3c([2H])c([2H])c([2H])c([2H])c3c(-c3cc4occc4c4oc5ccccc5c34)c3c([2H])c([2H])c([2H])c([2H])c23)c([2H])c1[2H]. The van der Waals surface area contributed by atoms with Gasteiger partial charge in [-0.05, 0) is 62.0 Å². The molecule has 0 spiro atoms. The molecule has 2 aromatic heterocycles. The van der Waals surface area contributed by atoms with Gasteiger partial charge in [0.1, 0.15) is 16.7 Å². The number of fused-ring (bicyclic) bond motifs is 7. The summed E-state index contributed by atoms with van der Waals surface area (Å²) < 4.78 is 126. The summed E-state index contributed by atoms with van der Waals surface area (Å²) in [7, 11) is 0. The van der Waals surface area contributed by atoms with E-state index in [1.807, 2.05) is 0 Å². The van der Waals surface area contributed by atoms with Crippen molar-refractivity contribution in [1.29, 1.82) is 0 Å². The topological polar surface area (TPSA) is 26.3 Å². The lowest BCUT2D eigenvalue weighted by Gasteiger charge is -2.18. The summed E-state index contributed by atoms with van der Waals surface area (Å²) in [5.41, 5.74) is 0.676. The van der Waals surface area contributed by atoms with Gasteiger partial charge in [0.15, 0.2) is 0 Å². The number of rotatable bonds is 2. The van der Waals surface area contributed by atoms with E-state index in [-0.39, 0.29) is 38.2 Å². The average molecular weight is 474 g/mol. The molecule has 0 amide bonds. The monoisotopic (exact) mass is 473 g/mol. The van der Waals surface area contributed by atoms with Crippen molar-refractivity contribution in [3.63, 3.8) is 0 Å². The summed E-state index contributed by atoms with van der Waals surface area (Å²) in [6, 6.07) is 1.87. The normalized spacial score (nSPS) is 16.9. The van der Waals surface area contributed by atoms with Crippen molar-refractivity contribution in [3.05, 3.63) is 121 Å². The van der Waals surface area contributed by atoms with Crippen LogP contribution in [0.25, 0.3) is 76.7 Å². The van der Waals surface area contributed by atoms with Gasteiger partial charge in [-0.15, -0.1) is 0 Å². The summed E-state index contributed by atoms with van der Waals surface area (Å²) in [6.07, 6.45) is 1.46. The van der Waals surface area contributed by atoms with Gasteiger partial charge in [-0.3, -0.25) is 0 Å². The van der Waals surface area contributed by atoms with Gasteiger partial charge in [-0.2, -0.15) is 0 Å². The molecule has 0 N–H and O–H groups in total. The minimum Gasteiger partial charge on any atom is -0.464 e. The van der Waals surface area contributed by atoms with Crippen LogP contribution in [0, 0.1) is 0 Å². The van der Waals surface area contributed by atoms with E-state index in [0.717, 1.165) is 0 Å². The Balaban J connectivity index is 1.79. The lowest BCUT2D eigenvalue weighted by molar-refractivity contribution is 0.615. The number of hydrogen-bond acceptors (Lipinski definition) is 2. The first-order valence-corrected chi connectivity index (χ1v) is 11.1. The van der Waals surface area contributed by atoms with E-state index in [4.69, 9.17) is 23.9 Å². The Kier molecular flexibility index (Phi) is 2.21. The zero-order valence-corrected chi connectivity index (χ0v) is 18.4. The van der Waals surface area contributed by atoms with E-state index in [0.29, 0.717) is 32.9 Å². The molecule has 0 bridgehead atoms. The Labute approximate surface area is 225 Å². The molecule has 0 radical (unpaired) electrons. The van der Waals surface area contributed by atoms with Crippen LogP contribution in [-0.4, -0.2) is 0 Å². The smallest absolute Gasteiger partial charge is 0.147 e. The van der Waals surface area contributed by atoms with E-state index < -0.39 is 84.1 Å². The summed E-state index contributed by atoms with van der Waals surface area (Å²) in [6.45, 7) is 0. The van der Waals surface area contributed by atoms with Gasteiger partial charge in [-0.1, -0.05) is 96.8 Å². The molecule has 0 aliphatic rings. The van der Waals surface area contributed by atoms with Crippen LogP contribution in [-0.2, 0) is 0 Å². The maximum Gasteiger partial charge on any atom is 0.147 e. The lowest BCUT2D eigenvalue weighted by Crippen LogP contribution is -1.91. The second-order valence-corrected chi connectivity index (χ2v) is 8.31. The largest absolute Gasteiger partial charge is 0.464 e. The molecule has 0 aliphatic heterocycles. The van der Waals surface area contributed by atoms with E-state index in [9.17, 15) is 2.74 Å². The van der Waals surface area contributed by atoms with Crippen LogP contribution in [0.4, 0.5) is 0 Å². The summed E-state index contributed by atoms with van der Waals surface area (Å²) in [5, 5.41) is 0.791. The third-order valence-corrected chi connectivity index (χ3v) is 6.47. The highest BCUT2D eigenvalue weighted by atomic mass is 16.3. The Morgan fingerprint density at radius 2 is 1.19 bits per heavy atom. The predicted molar refractivity (Wildman–Crippen MR) is 149 cm³/mol. The third-order valence-electron chi connectivity index (χ3n) is 6.47. The molecule has 0 aliphatic carbocycles. The Hall–Kier alpha value is -4.82. The van der Waals surface area contributed by atoms with Crippen LogP contribution >= 0.6 is 0 Å². The fourth-order valence-corrected chi connectivity index (χ4v) is 5.04. The first kappa shape index (κ1) is 10.8. The molecular formula is C34H20O2. The summed E-state index contributed by atoms with van der Waals surface area (Å²) >= 11 is 0. The van der Waals surface area contributed by atoms with Crippen molar-refractivity contribution in [2.24, 2.45) is 0 Å². The molecule has 36 heavy (non-hydrogen) atoms. The molecule has 0 atom stereocenters. The predicted octanol–water partition coefficient (Wildman–Crippen LogP) is 9.97. The number of benzene rings is 6. The van der Waals surface area contributed by atoms with Gasteiger partial charge in [0.05, 0.1) is 29.5 Å². The van der Waals surface area contributed by atoms with Gasteiger partial charge in [0, 0.05) is 10.8 Å². The lowest BCUT2D eigenvalue weighted by atomic mass is 9.84. The first-order valence-electron chi connectivity index (χ1n) is 17.6. The van der Waals surface area contributed by atoms with Crippen LogP contribution in [0.15, 0.2) is 130 Å². The van der Waals surface area contributed by atoms with Gasteiger partial charge in [0.25, 0.3) is 0 Å².